The molecule has 70 valence electrons. The number of benzene rings is 1. The van der Waals surface area contributed by atoms with Crippen molar-refractivity contribution in [3.63, 3.8) is 0 Å². The zero-order valence-electron chi connectivity index (χ0n) is 7.51. The van der Waals surface area contributed by atoms with Crippen LogP contribution in [0.1, 0.15) is 15.9 Å². The Balaban J connectivity index is 2.61. The second-order valence-electron chi connectivity index (χ2n) is 2.81. The van der Waals surface area contributed by atoms with E-state index in [0.29, 0.717) is 12.1 Å². The van der Waals surface area contributed by atoms with Crippen molar-refractivity contribution in [2.75, 3.05) is 11.9 Å². The number of carbonyl (C=O) groups excluding carboxylic acids is 1. The molecule has 1 aromatic rings. The number of halogens is 1. The molecule has 0 aliphatic carbocycles. The van der Waals surface area contributed by atoms with Gasteiger partial charge in [-0.15, -0.1) is 0 Å². The van der Waals surface area contributed by atoms with Gasteiger partial charge in [0.15, 0.2) is 0 Å². The third-order valence-electron chi connectivity index (χ3n) is 1.69. The fourth-order valence-electron chi connectivity index (χ4n) is 0.968. The maximum Gasteiger partial charge on any atom is 0.251 e. The van der Waals surface area contributed by atoms with Gasteiger partial charge in [-0.2, -0.15) is 0 Å². The van der Waals surface area contributed by atoms with Crippen LogP contribution < -0.4 is 5.32 Å². The van der Waals surface area contributed by atoms with E-state index in [-0.39, 0.29) is 5.91 Å². The first kappa shape index (κ1) is 10.3. The summed E-state index contributed by atoms with van der Waals surface area (Å²) < 4.78 is 0. The van der Waals surface area contributed by atoms with Gasteiger partial charge < -0.3 is 5.32 Å². The minimum Gasteiger partial charge on any atom is -0.351 e. The van der Waals surface area contributed by atoms with Gasteiger partial charge in [-0.05, 0) is 19.1 Å². The fourth-order valence-corrected chi connectivity index (χ4v) is 1.17. The van der Waals surface area contributed by atoms with Gasteiger partial charge in [-0.25, -0.2) is 0 Å². The van der Waals surface area contributed by atoms with Crippen molar-refractivity contribution >= 4 is 21.8 Å². The molecule has 0 saturated heterocycles. The van der Waals surface area contributed by atoms with E-state index in [1.54, 1.807) is 0 Å². The second-order valence-corrected chi connectivity index (χ2v) is 3.60. The van der Waals surface area contributed by atoms with Crippen LogP contribution in [0.25, 0.3) is 0 Å². The number of hydrogen-bond donors (Lipinski definition) is 1. The van der Waals surface area contributed by atoms with Gasteiger partial charge in [0.2, 0.25) is 0 Å². The predicted octanol–water partition coefficient (Wildman–Crippen LogP) is 2.12. The summed E-state index contributed by atoms with van der Waals surface area (Å²) in [5.41, 5.74) is 1.88. The Morgan fingerprint density at radius 1 is 1.38 bits per heavy atom. The molecule has 3 heteroatoms. The predicted molar refractivity (Wildman–Crippen MR) is 57.3 cm³/mol. The lowest BCUT2D eigenvalue weighted by molar-refractivity contribution is 0.0956. The number of alkyl halides is 1. The molecule has 0 aliphatic heterocycles. The van der Waals surface area contributed by atoms with Gasteiger partial charge in [-0.3, -0.25) is 4.79 Å². The number of nitrogens with one attached hydrogen (secondary N) is 1. The van der Waals surface area contributed by atoms with Crippen LogP contribution in [0.4, 0.5) is 0 Å². The molecule has 0 unspecified atom stereocenters. The molecule has 0 fully saturated rings. The highest BCUT2D eigenvalue weighted by Crippen LogP contribution is 2.02. The van der Waals surface area contributed by atoms with E-state index in [9.17, 15) is 4.79 Å². The summed E-state index contributed by atoms with van der Waals surface area (Å²) in [7, 11) is 0. The van der Waals surface area contributed by atoms with Crippen LogP contribution in [-0.2, 0) is 0 Å². The number of aryl methyl sites for hydroxylation is 1. The van der Waals surface area contributed by atoms with Gasteiger partial charge in [0.25, 0.3) is 5.91 Å². The molecule has 0 saturated carbocycles. The van der Waals surface area contributed by atoms with Crippen molar-refractivity contribution in [3.8, 4) is 0 Å². The van der Waals surface area contributed by atoms with Gasteiger partial charge in [0.05, 0.1) is 0 Å². The normalized spacial score (nSPS) is 9.69. The third kappa shape index (κ3) is 3.19. The van der Waals surface area contributed by atoms with Crippen molar-refractivity contribution in [2.45, 2.75) is 6.92 Å². The monoisotopic (exact) mass is 241 g/mol. The van der Waals surface area contributed by atoms with Crippen molar-refractivity contribution in [3.05, 3.63) is 35.4 Å². The van der Waals surface area contributed by atoms with E-state index in [1.807, 2.05) is 31.2 Å². The average molecular weight is 242 g/mol. The van der Waals surface area contributed by atoms with Gasteiger partial charge in [0, 0.05) is 17.4 Å². The summed E-state index contributed by atoms with van der Waals surface area (Å²) in [6.45, 7) is 2.66. The lowest BCUT2D eigenvalue weighted by Crippen LogP contribution is -2.24. The summed E-state index contributed by atoms with van der Waals surface area (Å²) in [6.07, 6.45) is 0. The van der Waals surface area contributed by atoms with Crippen LogP contribution in [0.2, 0.25) is 0 Å². The van der Waals surface area contributed by atoms with Crippen LogP contribution in [0.5, 0.6) is 0 Å². The molecule has 2 nitrogen and oxygen atoms in total. The minimum atomic E-state index is -0.0144. The summed E-state index contributed by atoms with van der Waals surface area (Å²) >= 11 is 3.25. The SMILES string of the molecule is Cc1ccc(C(=O)NCCBr)cc1. The summed E-state index contributed by atoms with van der Waals surface area (Å²) in [5.74, 6) is -0.0144. The topological polar surface area (TPSA) is 29.1 Å². The highest BCUT2D eigenvalue weighted by molar-refractivity contribution is 9.09. The van der Waals surface area contributed by atoms with Crippen LogP contribution in [0.3, 0.4) is 0 Å². The maximum absolute atomic E-state index is 11.4. The first-order valence-corrected chi connectivity index (χ1v) is 5.27. The highest BCUT2D eigenvalue weighted by atomic mass is 79.9. The van der Waals surface area contributed by atoms with E-state index >= 15 is 0 Å². The number of hydrogen-bond acceptors (Lipinski definition) is 1. The van der Waals surface area contributed by atoms with E-state index < -0.39 is 0 Å². The zero-order valence-corrected chi connectivity index (χ0v) is 9.10. The van der Waals surface area contributed by atoms with Crippen molar-refractivity contribution in [1.29, 1.82) is 0 Å². The number of rotatable bonds is 3. The van der Waals surface area contributed by atoms with E-state index in [4.69, 9.17) is 0 Å². The lowest BCUT2D eigenvalue weighted by Gasteiger charge is -2.02. The molecule has 1 aromatic carbocycles. The van der Waals surface area contributed by atoms with Gasteiger partial charge in [0.1, 0.15) is 0 Å². The van der Waals surface area contributed by atoms with Crippen LogP contribution in [0.15, 0.2) is 24.3 Å². The van der Waals surface area contributed by atoms with E-state index in [0.717, 1.165) is 10.9 Å². The Morgan fingerprint density at radius 3 is 2.54 bits per heavy atom. The highest BCUT2D eigenvalue weighted by Gasteiger charge is 2.02. The maximum atomic E-state index is 11.4. The van der Waals surface area contributed by atoms with Crippen molar-refractivity contribution < 1.29 is 4.79 Å². The molecule has 1 amide bonds. The van der Waals surface area contributed by atoms with Crippen LogP contribution >= 0.6 is 15.9 Å². The molecule has 0 bridgehead atoms. The third-order valence-corrected chi connectivity index (χ3v) is 2.09. The van der Waals surface area contributed by atoms with E-state index in [1.165, 1.54) is 0 Å². The van der Waals surface area contributed by atoms with Gasteiger partial charge in [-0.1, -0.05) is 33.6 Å². The number of amides is 1. The van der Waals surface area contributed by atoms with Crippen LogP contribution in [-0.4, -0.2) is 17.8 Å². The summed E-state index contributed by atoms with van der Waals surface area (Å²) in [6, 6.07) is 7.53. The molecule has 0 heterocycles. The second kappa shape index (κ2) is 5.02. The van der Waals surface area contributed by atoms with Crippen molar-refractivity contribution in [2.24, 2.45) is 0 Å². The lowest BCUT2D eigenvalue weighted by atomic mass is 10.1. The molecule has 0 radical (unpaired) electrons. The Morgan fingerprint density at radius 2 is 2.00 bits per heavy atom. The van der Waals surface area contributed by atoms with Crippen molar-refractivity contribution in [1.82, 2.24) is 5.32 Å². The molecule has 0 spiro atoms. The molecule has 0 atom stereocenters. The molecular weight excluding hydrogens is 230 g/mol. The fraction of sp³-hybridized carbons (Fsp3) is 0.300. The standard InChI is InChI=1S/C10H12BrNO/c1-8-2-4-9(5-3-8)10(13)12-7-6-11/h2-5H,6-7H2,1H3,(H,12,13). The van der Waals surface area contributed by atoms with E-state index in [2.05, 4.69) is 21.2 Å². The summed E-state index contributed by atoms with van der Waals surface area (Å²) in [5, 5.41) is 3.56. The molecule has 1 rings (SSSR count). The van der Waals surface area contributed by atoms with Gasteiger partial charge >= 0.3 is 0 Å². The average Bonchev–Trinajstić information content (AvgIpc) is 2.15. The quantitative estimate of drug-likeness (QED) is 0.808. The number of carbonyl (C=O) groups is 1. The minimum absolute atomic E-state index is 0.0144. The first-order valence-electron chi connectivity index (χ1n) is 4.15. The Kier molecular flexibility index (Phi) is 3.96. The smallest absolute Gasteiger partial charge is 0.251 e. The molecule has 0 aromatic heterocycles. The molecular formula is C10H12BrNO. The largest absolute Gasteiger partial charge is 0.351 e. The Hall–Kier alpha value is -0.830. The molecule has 1 N–H and O–H groups in total. The Labute approximate surface area is 86.5 Å². The first-order chi connectivity index (χ1) is 6.24. The molecule has 13 heavy (non-hydrogen) atoms. The summed E-state index contributed by atoms with van der Waals surface area (Å²) in [4.78, 5) is 11.4. The Bertz CT molecular complexity index is 281. The molecule has 0 aliphatic rings. The van der Waals surface area contributed by atoms with Crippen LogP contribution in [0, 0.1) is 6.92 Å². The zero-order chi connectivity index (χ0) is 9.68.